The predicted molar refractivity (Wildman–Crippen MR) is 106 cm³/mol. The van der Waals surface area contributed by atoms with Gasteiger partial charge in [-0.15, -0.1) is 16.4 Å². The van der Waals surface area contributed by atoms with E-state index in [1.54, 1.807) is 12.0 Å². The monoisotopic (exact) mass is 406 g/mol. The first-order valence-electron chi connectivity index (χ1n) is 9.53. The van der Waals surface area contributed by atoms with E-state index >= 15 is 0 Å². The van der Waals surface area contributed by atoms with Crippen LogP contribution in [0, 0.1) is 13.8 Å². The molecule has 2 aliphatic rings. The van der Waals surface area contributed by atoms with Crippen LogP contribution in [0.25, 0.3) is 10.2 Å². The molecular formula is C19H26N4O4S. The van der Waals surface area contributed by atoms with Crippen molar-refractivity contribution in [2.45, 2.75) is 45.0 Å². The summed E-state index contributed by atoms with van der Waals surface area (Å²) in [5, 5.41) is 9.18. The molecule has 0 radical (unpaired) electrons. The number of aromatic nitrogens is 2. The van der Waals surface area contributed by atoms with Crippen LogP contribution >= 0.6 is 11.3 Å². The summed E-state index contributed by atoms with van der Waals surface area (Å²) in [5.74, 6) is -0.0737. The van der Waals surface area contributed by atoms with Crippen molar-refractivity contribution in [2.24, 2.45) is 0 Å². The number of hydrogen-bond donors (Lipinski definition) is 1. The van der Waals surface area contributed by atoms with Gasteiger partial charge in [0.25, 0.3) is 5.91 Å². The van der Waals surface area contributed by atoms with Crippen LogP contribution in [0.3, 0.4) is 0 Å². The van der Waals surface area contributed by atoms with Gasteiger partial charge in [0.05, 0.1) is 37.7 Å². The lowest BCUT2D eigenvalue weighted by Gasteiger charge is -2.49. The van der Waals surface area contributed by atoms with Crippen LogP contribution in [0.5, 0.6) is 0 Å². The maximum atomic E-state index is 13.0. The van der Waals surface area contributed by atoms with Crippen molar-refractivity contribution in [3.8, 4) is 0 Å². The van der Waals surface area contributed by atoms with Crippen molar-refractivity contribution in [1.82, 2.24) is 15.1 Å². The minimum atomic E-state index is -0.350. The van der Waals surface area contributed by atoms with Crippen molar-refractivity contribution < 1.29 is 19.0 Å². The number of ether oxygens (including phenoxy) is 3. The van der Waals surface area contributed by atoms with Gasteiger partial charge in [0, 0.05) is 18.9 Å². The van der Waals surface area contributed by atoms with Crippen LogP contribution < -0.4 is 5.73 Å². The van der Waals surface area contributed by atoms with Gasteiger partial charge >= 0.3 is 0 Å². The molecule has 2 aliphatic heterocycles. The van der Waals surface area contributed by atoms with Gasteiger partial charge < -0.3 is 24.8 Å². The number of thiophene rings is 1. The lowest BCUT2D eigenvalue weighted by Crippen LogP contribution is -2.64. The zero-order valence-electron chi connectivity index (χ0n) is 16.5. The van der Waals surface area contributed by atoms with E-state index < -0.39 is 0 Å². The van der Waals surface area contributed by atoms with E-state index in [1.165, 1.54) is 11.3 Å². The number of amides is 1. The van der Waals surface area contributed by atoms with Crippen LogP contribution in [-0.4, -0.2) is 66.3 Å². The molecule has 0 saturated carbocycles. The Morgan fingerprint density at radius 1 is 1.32 bits per heavy atom. The Bertz CT molecular complexity index is 888. The standard InChI is InChI=1S/C19H26N4O4S/c1-11-12(2)21-22-17-14(11)15(20)16(28-17)18(24)23-9-19(10-23,25-3)6-5-13-26-7-4-8-27-13/h13H,4-10,20H2,1-3H3. The summed E-state index contributed by atoms with van der Waals surface area (Å²) in [5.41, 5.74) is 8.26. The second kappa shape index (κ2) is 7.55. The Morgan fingerprint density at radius 3 is 2.71 bits per heavy atom. The Hall–Kier alpha value is -1.81. The van der Waals surface area contributed by atoms with E-state index in [-0.39, 0.29) is 17.8 Å². The maximum Gasteiger partial charge on any atom is 0.266 e. The lowest BCUT2D eigenvalue weighted by molar-refractivity contribution is -0.194. The van der Waals surface area contributed by atoms with Crippen molar-refractivity contribution in [2.75, 3.05) is 39.1 Å². The summed E-state index contributed by atoms with van der Waals surface area (Å²) in [6.07, 6.45) is 2.31. The van der Waals surface area contributed by atoms with Crippen molar-refractivity contribution >= 4 is 33.1 Å². The molecule has 0 aliphatic carbocycles. The molecule has 0 unspecified atom stereocenters. The smallest absolute Gasteiger partial charge is 0.266 e. The highest BCUT2D eigenvalue weighted by atomic mass is 32.1. The molecule has 2 aromatic rings. The molecular weight excluding hydrogens is 380 g/mol. The largest absolute Gasteiger partial charge is 0.397 e. The zero-order valence-corrected chi connectivity index (χ0v) is 17.3. The number of likely N-dealkylation sites (tertiary alicyclic amines) is 1. The molecule has 2 saturated heterocycles. The van der Waals surface area contributed by atoms with Gasteiger partial charge in [0.1, 0.15) is 15.3 Å². The van der Waals surface area contributed by atoms with E-state index in [2.05, 4.69) is 10.2 Å². The number of carbonyl (C=O) groups is 1. The van der Waals surface area contributed by atoms with Crippen LogP contribution in [0.1, 0.15) is 40.2 Å². The molecule has 8 nitrogen and oxygen atoms in total. The third-order valence-corrected chi connectivity index (χ3v) is 6.82. The second-order valence-electron chi connectivity index (χ2n) is 7.55. The summed E-state index contributed by atoms with van der Waals surface area (Å²) in [6, 6.07) is 0. The van der Waals surface area contributed by atoms with Crippen molar-refractivity contribution in [3.05, 3.63) is 16.1 Å². The van der Waals surface area contributed by atoms with Gasteiger partial charge in [-0.25, -0.2) is 0 Å². The third-order valence-electron chi connectivity index (χ3n) is 5.74. The lowest BCUT2D eigenvalue weighted by atomic mass is 9.88. The molecule has 9 heteroatoms. The topological polar surface area (TPSA) is 99.8 Å². The number of methoxy groups -OCH3 is 1. The highest BCUT2D eigenvalue weighted by molar-refractivity contribution is 7.21. The summed E-state index contributed by atoms with van der Waals surface area (Å²) in [7, 11) is 1.69. The van der Waals surface area contributed by atoms with Crippen LogP contribution in [0.4, 0.5) is 5.69 Å². The first kappa shape index (κ1) is 19.5. The highest BCUT2D eigenvalue weighted by Crippen LogP contribution is 2.38. The summed E-state index contributed by atoms with van der Waals surface area (Å²) >= 11 is 1.31. The van der Waals surface area contributed by atoms with Crippen molar-refractivity contribution in [3.63, 3.8) is 0 Å². The molecule has 0 spiro atoms. The number of carbonyl (C=O) groups excluding carboxylic acids is 1. The molecule has 2 N–H and O–H groups in total. The maximum absolute atomic E-state index is 13.0. The average molecular weight is 407 g/mol. The molecule has 0 aromatic carbocycles. The number of aryl methyl sites for hydroxylation is 2. The van der Waals surface area contributed by atoms with Gasteiger partial charge in [-0.3, -0.25) is 4.79 Å². The van der Waals surface area contributed by atoms with Gasteiger partial charge in [-0.2, -0.15) is 5.10 Å². The van der Waals surface area contributed by atoms with E-state index in [4.69, 9.17) is 19.9 Å². The number of nitrogen functional groups attached to an aromatic ring is 1. The molecule has 152 valence electrons. The zero-order chi connectivity index (χ0) is 19.9. The Morgan fingerprint density at radius 2 is 2.04 bits per heavy atom. The predicted octanol–water partition coefficient (Wildman–Crippen LogP) is 2.27. The second-order valence-corrected chi connectivity index (χ2v) is 8.55. The minimum absolute atomic E-state index is 0.0737. The summed E-state index contributed by atoms with van der Waals surface area (Å²) < 4.78 is 17.0. The van der Waals surface area contributed by atoms with E-state index in [1.807, 2.05) is 13.8 Å². The molecule has 2 fully saturated rings. The summed E-state index contributed by atoms with van der Waals surface area (Å²) in [6.45, 7) is 6.39. The van der Waals surface area contributed by atoms with Crippen LogP contribution in [-0.2, 0) is 14.2 Å². The molecule has 2 aromatic heterocycles. The van der Waals surface area contributed by atoms with Gasteiger partial charge in [0.15, 0.2) is 6.29 Å². The first-order valence-corrected chi connectivity index (χ1v) is 10.4. The number of rotatable bonds is 5. The number of nitrogens with two attached hydrogens (primary N) is 1. The van der Waals surface area contributed by atoms with Crippen LogP contribution in [0.15, 0.2) is 0 Å². The van der Waals surface area contributed by atoms with E-state index in [0.29, 0.717) is 28.5 Å². The number of hydrogen-bond acceptors (Lipinski definition) is 8. The fraction of sp³-hybridized carbons (Fsp3) is 0.632. The van der Waals surface area contributed by atoms with Crippen LogP contribution in [0.2, 0.25) is 0 Å². The molecule has 0 bridgehead atoms. The first-order chi connectivity index (χ1) is 13.4. The summed E-state index contributed by atoms with van der Waals surface area (Å²) in [4.78, 5) is 16.0. The van der Waals surface area contributed by atoms with Gasteiger partial charge in [-0.1, -0.05) is 0 Å². The molecule has 4 heterocycles. The third kappa shape index (κ3) is 3.36. The minimum Gasteiger partial charge on any atom is -0.397 e. The number of anilines is 1. The highest BCUT2D eigenvalue weighted by Gasteiger charge is 2.46. The molecule has 28 heavy (non-hydrogen) atoms. The van der Waals surface area contributed by atoms with E-state index in [0.717, 1.165) is 49.1 Å². The molecule has 1 amide bonds. The Kier molecular flexibility index (Phi) is 5.26. The SMILES string of the molecule is COC1(CCC2OCCCO2)CN(C(=O)c2sc3nnc(C)c(C)c3c2N)C1. The van der Waals surface area contributed by atoms with Gasteiger partial charge in [-0.05, 0) is 32.3 Å². The number of fused-ring (bicyclic) bond motifs is 1. The Labute approximate surface area is 167 Å². The van der Waals surface area contributed by atoms with E-state index in [9.17, 15) is 4.79 Å². The fourth-order valence-corrected chi connectivity index (χ4v) is 4.88. The van der Waals surface area contributed by atoms with Gasteiger partial charge in [0.2, 0.25) is 0 Å². The molecule has 4 rings (SSSR count). The van der Waals surface area contributed by atoms with Crippen molar-refractivity contribution in [1.29, 1.82) is 0 Å². The normalized spacial score (nSPS) is 19.8. The Balaban J connectivity index is 1.44. The average Bonchev–Trinajstić information content (AvgIpc) is 3.02. The number of nitrogens with zero attached hydrogens (tertiary/aromatic N) is 3. The fourth-order valence-electron chi connectivity index (χ4n) is 3.81. The quantitative estimate of drug-likeness (QED) is 0.813. The molecule has 0 atom stereocenters.